The Hall–Kier alpha value is -5.22. The molecule has 4 N–H and O–H groups in total. The first-order valence-corrected chi connectivity index (χ1v) is 11.0. The van der Waals surface area contributed by atoms with Crippen LogP contribution in [0.25, 0.3) is 0 Å². The molecule has 0 atom stereocenters. The third-order valence-electron chi connectivity index (χ3n) is 4.02. The van der Waals surface area contributed by atoms with Gasteiger partial charge in [0.1, 0.15) is 17.2 Å². The topological polar surface area (TPSA) is 182 Å². The number of methoxy groups -OCH3 is 6. The number of rotatable bonds is 6. The van der Waals surface area contributed by atoms with Gasteiger partial charge in [-0.3, -0.25) is 0 Å². The lowest BCUT2D eigenvalue weighted by molar-refractivity contribution is -0.138. The number of nitrogens with one attached hydrogen (secondary N) is 1. The number of carbonyl (C=O) groups excluding carboxylic acids is 4. The minimum atomic E-state index is -0.759. The molecule has 2 rings (SSSR count). The van der Waals surface area contributed by atoms with Gasteiger partial charge in [0.2, 0.25) is 0 Å². The minimum Gasteiger partial charge on any atom is -0.495 e. The van der Waals surface area contributed by atoms with Crippen LogP contribution in [-0.2, 0) is 38.1 Å². The molecule has 2 aromatic carbocycles. The molecule has 43 heavy (non-hydrogen) atoms. The fourth-order valence-electron chi connectivity index (χ4n) is 2.20. The Morgan fingerprint density at radius 3 is 1.51 bits per heavy atom. The van der Waals surface area contributed by atoms with Crippen molar-refractivity contribution in [3.8, 4) is 23.3 Å². The normalized spacial score (nSPS) is 8.33. The van der Waals surface area contributed by atoms with Gasteiger partial charge in [-0.15, -0.1) is 0 Å². The van der Waals surface area contributed by atoms with E-state index in [4.69, 9.17) is 20.3 Å². The minimum absolute atomic E-state index is 0. The first kappa shape index (κ1) is 47.6. The summed E-state index contributed by atoms with van der Waals surface area (Å²) >= 11 is 0. The molecule has 0 bridgehead atoms. The second kappa shape index (κ2) is 29.8. The summed E-state index contributed by atoms with van der Waals surface area (Å²) in [6.07, 6.45) is 1.01. The predicted octanol–water partition coefficient (Wildman–Crippen LogP) is 3.47. The van der Waals surface area contributed by atoms with Crippen LogP contribution in [0.2, 0.25) is 0 Å². The second-order valence-corrected chi connectivity index (χ2v) is 6.37. The maximum absolute atomic E-state index is 11.6. The fraction of sp³-hybridized carbons (Fsp3) is 0.333. The molecule has 2 aromatic rings. The Kier molecular flexibility index (Phi) is 32.9. The summed E-state index contributed by atoms with van der Waals surface area (Å²) in [5.41, 5.74) is 6.68. The lowest BCUT2D eigenvalue weighted by atomic mass is 10.2. The van der Waals surface area contributed by atoms with Crippen molar-refractivity contribution >= 4 is 35.3 Å². The van der Waals surface area contributed by atoms with Crippen LogP contribution in [0.1, 0.15) is 22.3 Å². The summed E-state index contributed by atoms with van der Waals surface area (Å²) < 4.78 is 27.4. The Morgan fingerprint density at radius 1 is 0.698 bits per heavy atom. The van der Waals surface area contributed by atoms with Gasteiger partial charge in [-0.1, -0.05) is 46.5 Å². The molecule has 0 aromatic heterocycles. The number of aliphatic hydroxyl groups excluding tert-OH is 1. The summed E-state index contributed by atoms with van der Waals surface area (Å²) in [4.78, 5) is 43.2. The molecule has 13 heteroatoms. The Morgan fingerprint density at radius 2 is 1.14 bits per heavy atom. The number of para-hydroxylation sites is 4. The second-order valence-electron chi connectivity index (χ2n) is 6.37. The Bertz CT molecular complexity index is 1150. The summed E-state index contributed by atoms with van der Waals surface area (Å²) in [6, 6.07) is 14.4. The Labute approximate surface area is 254 Å². The number of anilines is 2. The van der Waals surface area contributed by atoms with Crippen molar-refractivity contribution in [1.82, 2.24) is 0 Å². The zero-order valence-electron chi connectivity index (χ0n) is 23.3. The fourth-order valence-corrected chi connectivity index (χ4v) is 2.20. The molecule has 0 aliphatic carbocycles. The standard InChI is InChI=1S/C13H15NO5.C7H9NO.C6H6O4.CH4O.3CH4/c1-17-11-7-5-4-6-9(11)14-10(13(16)19-3)8-12(15)18-2;1-9-7-5-3-2-4-6(7)8;1-9-5(7)3-4-6(8)10-2;1-2;;;/h4-8,14H,1-3H3;2-5H,8H2,1H3;1-2H3;2H,1H3;3*1H4/b10-8+;;;;;;. The van der Waals surface area contributed by atoms with Gasteiger partial charge in [-0.25, -0.2) is 19.2 Å². The van der Waals surface area contributed by atoms with E-state index in [0.717, 1.165) is 18.9 Å². The van der Waals surface area contributed by atoms with Crippen molar-refractivity contribution in [2.45, 2.75) is 22.3 Å². The van der Waals surface area contributed by atoms with Crippen molar-refractivity contribution in [3.05, 3.63) is 60.3 Å². The van der Waals surface area contributed by atoms with E-state index in [1.807, 2.05) is 30.0 Å². The van der Waals surface area contributed by atoms with E-state index in [0.29, 0.717) is 17.1 Å². The van der Waals surface area contributed by atoms with Gasteiger partial charge in [0.15, 0.2) is 0 Å². The third kappa shape index (κ3) is 21.2. The summed E-state index contributed by atoms with van der Waals surface area (Å²) in [6.45, 7) is 0. The van der Waals surface area contributed by atoms with Gasteiger partial charge in [-0.2, -0.15) is 0 Å². The highest BCUT2D eigenvalue weighted by Crippen LogP contribution is 2.24. The van der Waals surface area contributed by atoms with E-state index in [9.17, 15) is 19.2 Å². The summed E-state index contributed by atoms with van der Waals surface area (Å²) in [5, 5.41) is 9.78. The van der Waals surface area contributed by atoms with Crippen LogP contribution in [0, 0.1) is 11.8 Å². The number of hydrogen-bond donors (Lipinski definition) is 3. The average molecular weight is 611 g/mol. The van der Waals surface area contributed by atoms with Gasteiger partial charge in [0, 0.05) is 19.0 Å². The molecular formula is C30H46N2O11. The number of carbonyl (C=O) groups is 4. The number of hydrogen-bond acceptors (Lipinski definition) is 13. The molecule has 242 valence electrons. The quantitative estimate of drug-likeness (QED) is 0.108. The molecule has 0 fully saturated rings. The van der Waals surface area contributed by atoms with Crippen LogP contribution in [0.4, 0.5) is 11.4 Å². The first-order chi connectivity index (χ1) is 19.2. The van der Waals surface area contributed by atoms with Gasteiger partial charge in [0.05, 0.1) is 60.1 Å². The van der Waals surface area contributed by atoms with Gasteiger partial charge in [-0.05, 0) is 24.3 Å². The zero-order chi connectivity index (χ0) is 30.9. The summed E-state index contributed by atoms with van der Waals surface area (Å²) in [5.74, 6) is 2.19. The van der Waals surface area contributed by atoms with Crippen molar-refractivity contribution in [2.75, 3.05) is 60.8 Å². The maximum Gasteiger partial charge on any atom is 0.384 e. The van der Waals surface area contributed by atoms with E-state index in [1.165, 1.54) is 35.5 Å². The zero-order valence-corrected chi connectivity index (χ0v) is 23.3. The molecular weight excluding hydrogens is 564 g/mol. The molecule has 0 heterocycles. The monoisotopic (exact) mass is 610 g/mol. The number of nitrogens with two attached hydrogens (primary N) is 1. The largest absolute Gasteiger partial charge is 0.495 e. The highest BCUT2D eigenvalue weighted by atomic mass is 16.5. The van der Waals surface area contributed by atoms with Crippen LogP contribution in [0.3, 0.4) is 0 Å². The van der Waals surface area contributed by atoms with Gasteiger partial charge >= 0.3 is 23.9 Å². The third-order valence-corrected chi connectivity index (χ3v) is 4.02. The molecule has 0 aliphatic rings. The molecule has 0 amide bonds. The van der Waals surface area contributed by atoms with E-state index in [-0.39, 0.29) is 28.0 Å². The SMILES string of the molecule is C.C.C.CO.COC(=O)/C=C(/Nc1ccccc1OC)C(=O)OC.COC(=O)C#CC(=O)OC.COc1ccccc1N. The van der Waals surface area contributed by atoms with E-state index in [2.05, 4.69) is 24.3 Å². The van der Waals surface area contributed by atoms with Crippen LogP contribution >= 0.6 is 0 Å². The maximum atomic E-state index is 11.6. The molecule has 0 saturated carbocycles. The lowest BCUT2D eigenvalue weighted by Crippen LogP contribution is -2.15. The van der Waals surface area contributed by atoms with E-state index in [1.54, 1.807) is 37.4 Å². The molecule has 0 radical (unpaired) electrons. The van der Waals surface area contributed by atoms with Crippen molar-refractivity contribution < 1.29 is 52.7 Å². The van der Waals surface area contributed by atoms with Crippen molar-refractivity contribution in [3.63, 3.8) is 0 Å². The molecule has 13 nitrogen and oxygen atoms in total. The number of nitrogen functional groups attached to an aromatic ring is 1. The van der Waals surface area contributed by atoms with E-state index < -0.39 is 23.9 Å². The van der Waals surface area contributed by atoms with Crippen molar-refractivity contribution in [2.24, 2.45) is 0 Å². The lowest BCUT2D eigenvalue weighted by Gasteiger charge is -2.12. The predicted molar refractivity (Wildman–Crippen MR) is 166 cm³/mol. The van der Waals surface area contributed by atoms with Crippen LogP contribution in [0.5, 0.6) is 11.5 Å². The number of benzene rings is 2. The number of esters is 4. The average Bonchev–Trinajstić information content (AvgIpc) is 3.00. The number of aliphatic hydroxyl groups is 1. The molecule has 0 saturated heterocycles. The Balaban J connectivity index is -0.000000171. The van der Waals surface area contributed by atoms with Gasteiger partial charge in [0.25, 0.3) is 0 Å². The van der Waals surface area contributed by atoms with Crippen LogP contribution < -0.4 is 20.5 Å². The smallest absolute Gasteiger partial charge is 0.384 e. The van der Waals surface area contributed by atoms with Gasteiger partial charge < -0.3 is 44.6 Å². The van der Waals surface area contributed by atoms with Crippen LogP contribution in [0.15, 0.2) is 60.3 Å². The van der Waals surface area contributed by atoms with E-state index >= 15 is 0 Å². The van der Waals surface area contributed by atoms with Crippen LogP contribution in [-0.4, -0.2) is 78.8 Å². The first-order valence-electron chi connectivity index (χ1n) is 11.0. The number of ether oxygens (including phenoxy) is 6. The summed E-state index contributed by atoms with van der Waals surface area (Å²) in [7, 11) is 8.89. The highest BCUT2D eigenvalue weighted by Gasteiger charge is 2.14. The molecule has 0 unspecified atom stereocenters. The molecule has 0 aliphatic heterocycles. The highest BCUT2D eigenvalue weighted by molar-refractivity contribution is 5.99. The molecule has 0 spiro atoms. The van der Waals surface area contributed by atoms with Crippen molar-refractivity contribution in [1.29, 1.82) is 0 Å².